The van der Waals surface area contributed by atoms with Crippen LogP contribution >= 0.6 is 18.6 Å². The van der Waals surface area contributed by atoms with E-state index >= 15 is 0 Å². The fourth-order valence-electron chi connectivity index (χ4n) is 6.14. The maximum atomic E-state index is 5.52. The van der Waals surface area contributed by atoms with Gasteiger partial charge in [0.15, 0.2) is 0 Å². The van der Waals surface area contributed by atoms with Crippen molar-refractivity contribution in [3.05, 3.63) is 10.6 Å². The van der Waals surface area contributed by atoms with Crippen molar-refractivity contribution in [1.82, 2.24) is 0 Å². The molecule has 6 unspecified atom stereocenters. The van der Waals surface area contributed by atoms with Gasteiger partial charge in [0.2, 0.25) is 0 Å². The van der Waals surface area contributed by atoms with E-state index in [0.29, 0.717) is 24.2 Å². The van der Waals surface area contributed by atoms with Crippen molar-refractivity contribution in [3.8, 4) is 0 Å². The van der Waals surface area contributed by atoms with Crippen LogP contribution < -0.4 is 0 Å². The van der Waals surface area contributed by atoms with Gasteiger partial charge in [0, 0.05) is 0 Å². The zero-order valence-electron chi connectivity index (χ0n) is 19.3. The van der Waals surface area contributed by atoms with Crippen LogP contribution in [0.15, 0.2) is 0 Å². The maximum absolute atomic E-state index is 5.52. The Labute approximate surface area is 198 Å². The first-order valence-electron chi connectivity index (χ1n) is 12.3. The van der Waals surface area contributed by atoms with Gasteiger partial charge in [0.25, 0.3) is 0 Å². The molecular formula is C24H44Cl2N2Ti-2. The van der Waals surface area contributed by atoms with Crippen molar-refractivity contribution in [2.45, 2.75) is 129 Å². The van der Waals surface area contributed by atoms with Gasteiger partial charge in [0.05, 0.1) is 0 Å². The predicted molar refractivity (Wildman–Crippen MR) is 126 cm³/mol. The minimum absolute atomic E-state index is 0.530. The van der Waals surface area contributed by atoms with E-state index in [2.05, 4.69) is 27.7 Å². The monoisotopic (exact) mass is 478 g/mol. The Hall–Kier alpha value is 1.21. The fraction of sp³-hybridized carbons (Fsp3) is 1.00. The third-order valence-corrected chi connectivity index (χ3v) is 7.74. The summed E-state index contributed by atoms with van der Waals surface area (Å²) in [5, 5.41) is 11.0. The molecule has 0 aromatic heterocycles. The van der Waals surface area contributed by atoms with Crippen LogP contribution in [0.4, 0.5) is 0 Å². The third kappa shape index (κ3) is 8.58. The van der Waals surface area contributed by atoms with Gasteiger partial charge in [0.1, 0.15) is 0 Å². The molecule has 2 nitrogen and oxygen atoms in total. The molecule has 6 atom stereocenters. The Morgan fingerprint density at radius 3 is 1.14 bits per heavy atom. The van der Waals surface area contributed by atoms with Crippen LogP contribution in [-0.2, 0) is 17.0 Å². The van der Waals surface area contributed by atoms with E-state index < -0.39 is 17.0 Å². The Balaban J connectivity index is 0.000000941. The molecule has 0 N–H and O–H groups in total. The minimum atomic E-state index is -0.556. The predicted octanol–water partition coefficient (Wildman–Crippen LogP) is 8.85. The van der Waals surface area contributed by atoms with E-state index in [1.807, 2.05) is 0 Å². The topological polar surface area (TPSA) is 28.2 Å². The Bertz CT molecular complexity index is 397. The molecule has 0 heterocycles. The van der Waals surface area contributed by atoms with Gasteiger partial charge in [-0.2, -0.15) is 12.1 Å². The van der Waals surface area contributed by atoms with E-state index in [1.165, 1.54) is 77.0 Å². The van der Waals surface area contributed by atoms with Crippen molar-refractivity contribution in [2.75, 3.05) is 0 Å². The number of hydrogen-bond donors (Lipinski definition) is 0. The van der Waals surface area contributed by atoms with E-state index in [1.54, 1.807) is 0 Å². The molecule has 29 heavy (non-hydrogen) atoms. The Morgan fingerprint density at radius 2 is 0.828 bits per heavy atom. The van der Waals surface area contributed by atoms with Crippen molar-refractivity contribution >= 4 is 18.6 Å². The summed E-state index contributed by atoms with van der Waals surface area (Å²) in [4.78, 5) is 0. The second-order valence-corrected chi connectivity index (χ2v) is 12.9. The number of hydrogen-bond acceptors (Lipinski definition) is 0. The molecule has 3 aliphatic rings. The Kier molecular flexibility index (Phi) is 13.1. The van der Waals surface area contributed by atoms with E-state index in [9.17, 15) is 0 Å². The first kappa shape index (κ1) is 26.5. The average Bonchev–Trinajstić information content (AvgIpc) is 2.70. The SMILES string of the molecule is CC(C)C1CCCCC1[N-]C1CCCCC1[N-]C1CCCCC1C(C)C.[Cl][Ti][Cl]. The van der Waals surface area contributed by atoms with Crippen LogP contribution in [0.2, 0.25) is 0 Å². The number of rotatable bonds is 6. The Morgan fingerprint density at radius 1 is 0.552 bits per heavy atom. The summed E-state index contributed by atoms with van der Waals surface area (Å²) in [7, 11) is 9.78. The summed E-state index contributed by atoms with van der Waals surface area (Å²) < 4.78 is 0. The van der Waals surface area contributed by atoms with Crippen molar-refractivity contribution in [2.24, 2.45) is 23.7 Å². The summed E-state index contributed by atoms with van der Waals surface area (Å²) in [6.45, 7) is 9.65. The summed E-state index contributed by atoms with van der Waals surface area (Å²) in [6.07, 6.45) is 16.5. The molecule has 3 saturated carbocycles. The van der Waals surface area contributed by atoms with Crippen LogP contribution in [0.5, 0.6) is 0 Å². The zero-order valence-corrected chi connectivity index (χ0v) is 22.3. The molecule has 3 aliphatic carbocycles. The van der Waals surface area contributed by atoms with Gasteiger partial charge in [-0.25, -0.2) is 0 Å². The summed E-state index contributed by atoms with van der Waals surface area (Å²) in [6, 6.07) is 2.30. The molecule has 0 bridgehead atoms. The van der Waals surface area contributed by atoms with Crippen molar-refractivity contribution < 1.29 is 17.0 Å². The van der Waals surface area contributed by atoms with Crippen LogP contribution in [0, 0.1) is 23.7 Å². The number of halogens is 2. The summed E-state index contributed by atoms with van der Waals surface area (Å²) in [5.74, 6) is 3.22. The normalized spacial score (nSPS) is 35.9. The molecule has 0 amide bonds. The van der Waals surface area contributed by atoms with E-state index in [0.717, 1.165) is 23.7 Å². The van der Waals surface area contributed by atoms with Crippen LogP contribution in [-0.4, -0.2) is 24.2 Å². The zero-order chi connectivity index (χ0) is 21.2. The second kappa shape index (κ2) is 14.4. The first-order chi connectivity index (χ1) is 14.0. The molecule has 3 fully saturated rings. The molecule has 0 aromatic carbocycles. The first-order valence-corrected chi connectivity index (χ1v) is 16.6. The molecule has 170 valence electrons. The molecule has 0 aromatic rings. The number of nitrogens with zero attached hydrogens (tertiary/aromatic N) is 2. The van der Waals surface area contributed by atoms with Gasteiger partial charge in [-0.15, -0.1) is 12.1 Å². The van der Waals surface area contributed by atoms with Crippen molar-refractivity contribution in [3.63, 3.8) is 0 Å². The summed E-state index contributed by atoms with van der Waals surface area (Å²) in [5.41, 5.74) is 0. The van der Waals surface area contributed by atoms with Crippen LogP contribution in [0.25, 0.3) is 10.6 Å². The quantitative estimate of drug-likeness (QED) is 0.341. The average molecular weight is 479 g/mol. The molecule has 0 radical (unpaired) electrons. The molecular weight excluding hydrogens is 435 g/mol. The standard InChI is InChI=1S/C24H44N2.2ClH.Ti/c1-17(2)19-11-5-7-13-21(19)25-23-15-9-10-16-24(23)26-22-14-8-6-12-20(22)18(3)4;;;/h17-24H,5-16H2,1-4H3;2*1H;/q-2;;;+2/p-2. The molecule has 5 heteroatoms. The molecule has 0 spiro atoms. The second-order valence-electron chi connectivity index (χ2n) is 10.3. The fourth-order valence-corrected chi connectivity index (χ4v) is 6.14. The molecule has 3 rings (SSSR count). The third-order valence-electron chi connectivity index (χ3n) is 7.74. The van der Waals surface area contributed by atoms with Gasteiger partial charge in [-0.1, -0.05) is 117 Å². The van der Waals surface area contributed by atoms with E-state index in [4.69, 9.17) is 29.2 Å². The van der Waals surface area contributed by atoms with Gasteiger partial charge < -0.3 is 10.6 Å². The molecule has 0 saturated heterocycles. The van der Waals surface area contributed by atoms with Gasteiger partial charge in [-0.3, -0.25) is 0 Å². The summed E-state index contributed by atoms with van der Waals surface area (Å²) >= 11 is -0.556. The van der Waals surface area contributed by atoms with Crippen LogP contribution in [0.1, 0.15) is 105 Å². The van der Waals surface area contributed by atoms with E-state index in [-0.39, 0.29) is 0 Å². The molecule has 0 aliphatic heterocycles. The van der Waals surface area contributed by atoms with Gasteiger partial charge >= 0.3 is 35.6 Å². The van der Waals surface area contributed by atoms with Crippen LogP contribution in [0.3, 0.4) is 0 Å². The van der Waals surface area contributed by atoms with Crippen molar-refractivity contribution in [1.29, 1.82) is 0 Å². The van der Waals surface area contributed by atoms with Gasteiger partial charge in [-0.05, 0) is 11.8 Å².